The van der Waals surface area contributed by atoms with Gasteiger partial charge in [-0.25, -0.2) is 0 Å². The summed E-state index contributed by atoms with van der Waals surface area (Å²) in [7, 11) is 1.49. The molecule has 1 aliphatic heterocycles. The lowest BCUT2D eigenvalue weighted by atomic mass is 9.77. The monoisotopic (exact) mass is 391 g/mol. The summed E-state index contributed by atoms with van der Waals surface area (Å²) in [6, 6.07) is 13.0. The number of aryl methyl sites for hydroxylation is 1. The van der Waals surface area contributed by atoms with Gasteiger partial charge in [0, 0.05) is 35.7 Å². The van der Waals surface area contributed by atoms with Gasteiger partial charge in [-0.3, -0.25) is 14.5 Å². The van der Waals surface area contributed by atoms with Crippen LogP contribution < -0.4 is 9.64 Å². The number of Topliss-reactive ketones (excluding diaryl/α,β-unsaturated/α-hetero) is 1. The number of ketones is 1. The molecule has 2 aliphatic rings. The van der Waals surface area contributed by atoms with Crippen molar-refractivity contribution in [2.45, 2.75) is 44.9 Å². The van der Waals surface area contributed by atoms with Gasteiger partial charge in [-0.1, -0.05) is 25.1 Å². The minimum Gasteiger partial charge on any atom is -0.504 e. The van der Waals surface area contributed by atoms with Crippen LogP contribution in [0.25, 0.3) is 0 Å². The fraction of sp³-hybridized carbons (Fsp3) is 0.333. The average Bonchev–Trinajstić information content (AvgIpc) is 2.74. The highest BCUT2D eigenvalue weighted by Gasteiger charge is 2.39. The van der Waals surface area contributed by atoms with Crippen LogP contribution in [0.4, 0.5) is 5.69 Å². The van der Waals surface area contributed by atoms with Gasteiger partial charge in [0.25, 0.3) is 0 Å². The topological polar surface area (TPSA) is 66.8 Å². The van der Waals surface area contributed by atoms with Crippen molar-refractivity contribution in [3.8, 4) is 11.5 Å². The number of rotatable bonds is 4. The zero-order valence-electron chi connectivity index (χ0n) is 16.8. The smallest absolute Gasteiger partial charge is 0.232 e. The maximum atomic E-state index is 13.2. The minimum atomic E-state index is -0.314. The molecule has 1 N–H and O–H groups in total. The normalized spacial score (nSPS) is 19.4. The molecule has 5 heteroatoms. The van der Waals surface area contributed by atoms with E-state index in [0.717, 1.165) is 35.4 Å². The molecule has 1 amide bonds. The second-order valence-corrected chi connectivity index (χ2v) is 7.57. The SMILES string of the molecule is CCc1ccc(N2C(=O)CC(c3ccc(O)c(OC)c3)C3=C2CCCC3=O)cc1. The van der Waals surface area contributed by atoms with Crippen molar-refractivity contribution in [3.63, 3.8) is 0 Å². The number of ether oxygens (including phenoxy) is 1. The maximum absolute atomic E-state index is 13.2. The summed E-state index contributed by atoms with van der Waals surface area (Å²) in [4.78, 5) is 27.9. The van der Waals surface area contributed by atoms with Crippen molar-refractivity contribution in [2.75, 3.05) is 12.0 Å². The van der Waals surface area contributed by atoms with E-state index in [2.05, 4.69) is 6.92 Å². The van der Waals surface area contributed by atoms with Crippen LogP contribution in [0, 0.1) is 0 Å². The molecule has 0 aromatic heterocycles. The van der Waals surface area contributed by atoms with E-state index in [0.29, 0.717) is 18.6 Å². The number of carbonyl (C=O) groups is 2. The van der Waals surface area contributed by atoms with Crippen LogP contribution in [0.15, 0.2) is 53.7 Å². The van der Waals surface area contributed by atoms with Crippen LogP contribution in [0.2, 0.25) is 0 Å². The molecular formula is C24H25NO4. The second-order valence-electron chi connectivity index (χ2n) is 7.57. The van der Waals surface area contributed by atoms with E-state index >= 15 is 0 Å². The molecule has 0 bridgehead atoms. The van der Waals surface area contributed by atoms with E-state index in [9.17, 15) is 14.7 Å². The molecule has 4 rings (SSSR count). The molecule has 0 radical (unpaired) electrons. The summed E-state index contributed by atoms with van der Waals surface area (Å²) in [6.07, 6.45) is 3.11. The van der Waals surface area contributed by atoms with Crippen molar-refractivity contribution in [1.82, 2.24) is 0 Å². The lowest BCUT2D eigenvalue weighted by molar-refractivity contribution is -0.119. The molecule has 1 atom stereocenters. The Labute approximate surface area is 170 Å². The van der Waals surface area contributed by atoms with Gasteiger partial charge in [0.05, 0.1) is 7.11 Å². The molecule has 0 saturated heterocycles. The number of allylic oxidation sites excluding steroid dienone is 2. The Bertz CT molecular complexity index is 990. The van der Waals surface area contributed by atoms with Gasteiger partial charge >= 0.3 is 0 Å². The van der Waals surface area contributed by atoms with Gasteiger partial charge in [0.15, 0.2) is 17.3 Å². The number of nitrogens with zero attached hydrogens (tertiary/aromatic N) is 1. The fourth-order valence-corrected chi connectivity index (χ4v) is 4.37. The lowest BCUT2D eigenvalue weighted by Crippen LogP contribution is -2.40. The van der Waals surface area contributed by atoms with Crippen LogP contribution in [0.1, 0.15) is 49.7 Å². The Kier molecular flexibility index (Phi) is 5.14. The van der Waals surface area contributed by atoms with Crippen molar-refractivity contribution in [2.24, 2.45) is 0 Å². The first-order chi connectivity index (χ1) is 14.0. The average molecular weight is 391 g/mol. The van der Waals surface area contributed by atoms with E-state index in [4.69, 9.17) is 4.74 Å². The quantitative estimate of drug-likeness (QED) is 0.834. The van der Waals surface area contributed by atoms with Gasteiger partial charge in [0.2, 0.25) is 5.91 Å². The zero-order valence-corrected chi connectivity index (χ0v) is 16.8. The van der Waals surface area contributed by atoms with Gasteiger partial charge in [-0.05, 0) is 54.7 Å². The highest BCUT2D eigenvalue weighted by atomic mass is 16.5. The molecule has 1 aliphatic carbocycles. The number of amides is 1. The van der Waals surface area contributed by atoms with Crippen molar-refractivity contribution >= 4 is 17.4 Å². The summed E-state index contributed by atoms with van der Waals surface area (Å²) in [5.41, 5.74) is 4.39. The predicted molar refractivity (Wildman–Crippen MR) is 111 cm³/mol. The third kappa shape index (κ3) is 3.41. The number of anilines is 1. The number of phenolic OH excluding ortho intramolecular Hbond substituents is 1. The van der Waals surface area contributed by atoms with Gasteiger partial charge in [-0.2, -0.15) is 0 Å². The predicted octanol–water partition coefficient (Wildman–Crippen LogP) is 4.49. The summed E-state index contributed by atoms with van der Waals surface area (Å²) < 4.78 is 5.23. The van der Waals surface area contributed by atoms with E-state index in [1.807, 2.05) is 24.3 Å². The largest absolute Gasteiger partial charge is 0.504 e. The number of aromatic hydroxyl groups is 1. The number of benzene rings is 2. The van der Waals surface area contributed by atoms with Crippen molar-refractivity contribution < 1.29 is 19.4 Å². The minimum absolute atomic E-state index is 0.0141. The molecule has 5 nitrogen and oxygen atoms in total. The van der Waals surface area contributed by atoms with Crippen LogP contribution in [-0.2, 0) is 16.0 Å². The molecule has 1 unspecified atom stereocenters. The first kappa shape index (κ1) is 19.2. The van der Waals surface area contributed by atoms with E-state index in [1.54, 1.807) is 23.1 Å². The Balaban J connectivity index is 1.82. The first-order valence-electron chi connectivity index (χ1n) is 10.1. The molecule has 1 heterocycles. The Morgan fingerprint density at radius 2 is 1.86 bits per heavy atom. The molecule has 0 saturated carbocycles. The highest BCUT2D eigenvalue weighted by Crippen LogP contribution is 2.44. The number of hydrogen-bond acceptors (Lipinski definition) is 4. The maximum Gasteiger partial charge on any atom is 0.232 e. The van der Waals surface area contributed by atoms with Crippen molar-refractivity contribution in [3.05, 3.63) is 64.9 Å². The molecule has 150 valence electrons. The number of carbonyl (C=O) groups excluding carboxylic acids is 2. The molecule has 2 aromatic rings. The van der Waals surface area contributed by atoms with Gasteiger partial charge in [0.1, 0.15) is 0 Å². The van der Waals surface area contributed by atoms with Gasteiger partial charge < -0.3 is 9.84 Å². The standard InChI is InChI=1S/C24H25NO4/c1-3-15-7-10-17(11-8-15)25-19-5-4-6-21(27)24(19)18(14-23(25)28)16-9-12-20(26)22(13-16)29-2/h7-13,18,26H,3-6,14H2,1-2H3. The third-order valence-electron chi connectivity index (χ3n) is 5.88. The molecule has 0 fully saturated rings. The summed E-state index contributed by atoms with van der Waals surface area (Å²) in [5, 5.41) is 9.92. The zero-order chi connectivity index (χ0) is 20.5. The molecule has 0 spiro atoms. The van der Waals surface area contributed by atoms with E-state index in [1.165, 1.54) is 12.7 Å². The van der Waals surface area contributed by atoms with Crippen LogP contribution >= 0.6 is 0 Å². The second kappa shape index (κ2) is 7.74. The van der Waals surface area contributed by atoms with Crippen LogP contribution in [0.3, 0.4) is 0 Å². The molecular weight excluding hydrogens is 366 g/mol. The highest BCUT2D eigenvalue weighted by molar-refractivity contribution is 6.07. The van der Waals surface area contributed by atoms with Crippen LogP contribution in [-0.4, -0.2) is 23.9 Å². The number of methoxy groups -OCH3 is 1. The summed E-state index contributed by atoms with van der Waals surface area (Å²) in [5.74, 6) is 0.162. The molecule has 2 aromatic carbocycles. The van der Waals surface area contributed by atoms with E-state index in [-0.39, 0.29) is 29.8 Å². The summed E-state index contributed by atoms with van der Waals surface area (Å²) >= 11 is 0. The lowest BCUT2D eigenvalue weighted by Gasteiger charge is -2.38. The first-order valence-corrected chi connectivity index (χ1v) is 10.1. The van der Waals surface area contributed by atoms with E-state index < -0.39 is 0 Å². The van der Waals surface area contributed by atoms with Gasteiger partial charge in [-0.15, -0.1) is 0 Å². The Morgan fingerprint density at radius 3 is 2.55 bits per heavy atom. The number of hydrogen-bond donors (Lipinski definition) is 1. The molecule has 29 heavy (non-hydrogen) atoms. The Hall–Kier alpha value is -3.08. The third-order valence-corrected chi connectivity index (χ3v) is 5.88. The van der Waals surface area contributed by atoms with Crippen molar-refractivity contribution in [1.29, 1.82) is 0 Å². The summed E-state index contributed by atoms with van der Waals surface area (Å²) in [6.45, 7) is 2.10. The van der Waals surface area contributed by atoms with Crippen LogP contribution in [0.5, 0.6) is 11.5 Å². The number of phenols is 1. The Morgan fingerprint density at radius 1 is 1.10 bits per heavy atom. The fourth-order valence-electron chi connectivity index (χ4n) is 4.37.